The van der Waals surface area contributed by atoms with Gasteiger partial charge in [0.05, 0.1) is 16.0 Å². The summed E-state index contributed by atoms with van der Waals surface area (Å²) in [4.78, 5) is 4.34. The summed E-state index contributed by atoms with van der Waals surface area (Å²) in [7, 11) is 0. The standard InChI is InChI=1S/C16H13BrFN3/c17-15-12(4-1-5-13(15)18)16(21-19)11-7-6-10-3-2-8-20-14(10)9-11/h1-9,16,21H,19H2. The van der Waals surface area contributed by atoms with E-state index in [9.17, 15) is 4.39 Å². The van der Waals surface area contributed by atoms with Crippen molar-refractivity contribution in [2.24, 2.45) is 5.84 Å². The fourth-order valence-corrected chi connectivity index (χ4v) is 2.87. The molecule has 1 aromatic heterocycles. The van der Waals surface area contributed by atoms with Gasteiger partial charge in [0, 0.05) is 11.6 Å². The largest absolute Gasteiger partial charge is 0.271 e. The second-order valence-electron chi connectivity index (χ2n) is 4.70. The smallest absolute Gasteiger partial charge is 0.137 e. The molecule has 0 bridgehead atoms. The van der Waals surface area contributed by atoms with Crippen molar-refractivity contribution in [3.05, 3.63) is 76.1 Å². The van der Waals surface area contributed by atoms with E-state index in [1.54, 1.807) is 12.3 Å². The average Bonchev–Trinajstić information content (AvgIpc) is 2.52. The fourth-order valence-electron chi connectivity index (χ4n) is 2.37. The summed E-state index contributed by atoms with van der Waals surface area (Å²) in [6.45, 7) is 0. The van der Waals surface area contributed by atoms with Crippen LogP contribution in [0.15, 0.2) is 59.2 Å². The second kappa shape index (κ2) is 5.89. The summed E-state index contributed by atoms with van der Waals surface area (Å²) in [6.07, 6.45) is 1.75. The van der Waals surface area contributed by atoms with Crippen LogP contribution in [0.1, 0.15) is 17.2 Å². The summed E-state index contributed by atoms with van der Waals surface area (Å²) in [5.74, 6) is 5.37. The minimum absolute atomic E-state index is 0.313. The van der Waals surface area contributed by atoms with Gasteiger partial charge in [-0.25, -0.2) is 9.82 Å². The van der Waals surface area contributed by atoms with Crippen LogP contribution in [0.5, 0.6) is 0 Å². The zero-order valence-corrected chi connectivity index (χ0v) is 12.6. The van der Waals surface area contributed by atoms with Crippen LogP contribution in [0.25, 0.3) is 10.9 Å². The number of nitrogens with two attached hydrogens (primary N) is 1. The lowest BCUT2D eigenvalue weighted by Gasteiger charge is -2.19. The zero-order chi connectivity index (χ0) is 14.8. The number of halogens is 2. The van der Waals surface area contributed by atoms with E-state index in [0.717, 1.165) is 22.0 Å². The maximum atomic E-state index is 13.7. The van der Waals surface area contributed by atoms with Crippen LogP contribution >= 0.6 is 15.9 Å². The van der Waals surface area contributed by atoms with Crippen LogP contribution in [0.2, 0.25) is 0 Å². The molecule has 0 aliphatic heterocycles. The van der Waals surface area contributed by atoms with E-state index < -0.39 is 0 Å². The number of rotatable bonds is 3. The number of nitrogens with zero attached hydrogens (tertiary/aromatic N) is 1. The van der Waals surface area contributed by atoms with Crippen molar-refractivity contribution in [2.45, 2.75) is 6.04 Å². The van der Waals surface area contributed by atoms with Crippen molar-refractivity contribution < 1.29 is 4.39 Å². The minimum atomic E-state index is -0.318. The minimum Gasteiger partial charge on any atom is -0.271 e. The third-order valence-corrected chi connectivity index (χ3v) is 4.26. The molecule has 1 atom stereocenters. The molecule has 1 unspecified atom stereocenters. The predicted molar refractivity (Wildman–Crippen MR) is 85.0 cm³/mol. The van der Waals surface area contributed by atoms with Gasteiger partial charge in [-0.05, 0) is 45.3 Å². The summed E-state index contributed by atoms with van der Waals surface area (Å²) in [6, 6.07) is 14.4. The molecule has 0 aliphatic carbocycles. The van der Waals surface area contributed by atoms with E-state index in [4.69, 9.17) is 5.84 Å². The number of fused-ring (bicyclic) bond motifs is 1. The molecule has 5 heteroatoms. The Balaban J connectivity index is 2.11. The molecule has 3 aromatic rings. The monoisotopic (exact) mass is 345 g/mol. The number of benzene rings is 2. The molecule has 1 heterocycles. The topological polar surface area (TPSA) is 50.9 Å². The molecule has 21 heavy (non-hydrogen) atoms. The van der Waals surface area contributed by atoms with E-state index in [1.807, 2.05) is 36.4 Å². The number of pyridine rings is 1. The van der Waals surface area contributed by atoms with Gasteiger partial charge in [-0.2, -0.15) is 0 Å². The second-order valence-corrected chi connectivity index (χ2v) is 5.49. The highest BCUT2D eigenvalue weighted by molar-refractivity contribution is 9.10. The van der Waals surface area contributed by atoms with Gasteiger partial charge >= 0.3 is 0 Å². The molecule has 0 saturated heterocycles. The van der Waals surface area contributed by atoms with E-state index >= 15 is 0 Å². The maximum absolute atomic E-state index is 13.7. The molecular weight excluding hydrogens is 333 g/mol. The number of aromatic nitrogens is 1. The summed E-state index contributed by atoms with van der Waals surface area (Å²) < 4.78 is 14.1. The quantitative estimate of drug-likeness (QED) is 0.562. The zero-order valence-electron chi connectivity index (χ0n) is 11.1. The Morgan fingerprint density at radius 1 is 1.14 bits per heavy atom. The molecule has 0 radical (unpaired) electrons. The first-order valence-electron chi connectivity index (χ1n) is 6.45. The normalized spacial score (nSPS) is 12.5. The van der Waals surface area contributed by atoms with Crippen molar-refractivity contribution in [3.8, 4) is 0 Å². The Kier molecular flexibility index (Phi) is 3.96. The van der Waals surface area contributed by atoms with Gasteiger partial charge in [-0.1, -0.05) is 30.3 Å². The maximum Gasteiger partial charge on any atom is 0.137 e. The van der Waals surface area contributed by atoms with Gasteiger partial charge in [0.1, 0.15) is 5.82 Å². The van der Waals surface area contributed by atoms with Crippen molar-refractivity contribution in [2.75, 3.05) is 0 Å². The first-order valence-corrected chi connectivity index (χ1v) is 7.24. The number of nitrogens with one attached hydrogen (secondary N) is 1. The first kappa shape index (κ1) is 14.1. The van der Waals surface area contributed by atoms with Crippen molar-refractivity contribution >= 4 is 26.8 Å². The molecule has 0 fully saturated rings. The van der Waals surface area contributed by atoms with Crippen LogP contribution in [-0.2, 0) is 0 Å². The number of hydrogen-bond acceptors (Lipinski definition) is 3. The molecule has 0 spiro atoms. The molecule has 0 aliphatic rings. The molecule has 106 valence electrons. The molecule has 2 aromatic carbocycles. The third-order valence-electron chi connectivity index (χ3n) is 3.42. The van der Waals surface area contributed by atoms with Gasteiger partial charge in [-0.3, -0.25) is 10.8 Å². The summed E-state index contributed by atoms with van der Waals surface area (Å²) in [5.41, 5.74) is 5.29. The highest BCUT2D eigenvalue weighted by atomic mass is 79.9. The fraction of sp³-hybridized carbons (Fsp3) is 0.0625. The molecule has 0 saturated carbocycles. The van der Waals surface area contributed by atoms with E-state index in [0.29, 0.717) is 4.47 Å². The summed E-state index contributed by atoms with van der Waals surface area (Å²) >= 11 is 3.28. The van der Waals surface area contributed by atoms with Crippen molar-refractivity contribution in [1.29, 1.82) is 0 Å². The Bertz CT molecular complexity index is 791. The Morgan fingerprint density at radius 3 is 2.81 bits per heavy atom. The van der Waals surface area contributed by atoms with Crippen molar-refractivity contribution in [3.63, 3.8) is 0 Å². The molecule has 0 amide bonds. The van der Waals surface area contributed by atoms with Crippen LogP contribution in [-0.4, -0.2) is 4.98 Å². The molecule has 3 rings (SSSR count). The van der Waals surface area contributed by atoms with Gasteiger partial charge in [-0.15, -0.1) is 0 Å². The highest BCUT2D eigenvalue weighted by Crippen LogP contribution is 2.31. The lowest BCUT2D eigenvalue weighted by Crippen LogP contribution is -2.29. The number of hydrazine groups is 1. The Labute approximate surface area is 130 Å². The lowest BCUT2D eigenvalue weighted by molar-refractivity contribution is 0.597. The molecule has 3 N–H and O–H groups in total. The molecule has 3 nitrogen and oxygen atoms in total. The van der Waals surface area contributed by atoms with Crippen LogP contribution in [0.4, 0.5) is 4.39 Å². The Morgan fingerprint density at radius 2 is 2.00 bits per heavy atom. The highest BCUT2D eigenvalue weighted by Gasteiger charge is 2.17. The van der Waals surface area contributed by atoms with Gasteiger partial charge in [0.2, 0.25) is 0 Å². The molecular formula is C16H13BrFN3. The van der Waals surface area contributed by atoms with E-state index in [1.165, 1.54) is 6.07 Å². The van der Waals surface area contributed by atoms with Crippen LogP contribution < -0.4 is 11.3 Å². The Hall–Kier alpha value is -1.82. The lowest BCUT2D eigenvalue weighted by atomic mass is 9.98. The van der Waals surface area contributed by atoms with Gasteiger partial charge < -0.3 is 0 Å². The van der Waals surface area contributed by atoms with E-state index in [-0.39, 0.29) is 11.9 Å². The SMILES string of the molecule is NNC(c1ccc2cccnc2c1)c1cccc(F)c1Br. The van der Waals surface area contributed by atoms with E-state index in [2.05, 4.69) is 26.3 Å². The van der Waals surface area contributed by atoms with Gasteiger partial charge in [0.15, 0.2) is 0 Å². The predicted octanol–water partition coefficient (Wildman–Crippen LogP) is 3.69. The van der Waals surface area contributed by atoms with Gasteiger partial charge in [0.25, 0.3) is 0 Å². The van der Waals surface area contributed by atoms with Crippen molar-refractivity contribution in [1.82, 2.24) is 10.4 Å². The van der Waals surface area contributed by atoms with Crippen LogP contribution in [0.3, 0.4) is 0 Å². The third kappa shape index (κ3) is 2.68. The average molecular weight is 346 g/mol. The van der Waals surface area contributed by atoms with Crippen LogP contribution in [0, 0.1) is 5.82 Å². The number of hydrogen-bond donors (Lipinski definition) is 2. The summed E-state index contributed by atoms with van der Waals surface area (Å²) in [5, 5.41) is 1.05. The first-order chi connectivity index (χ1) is 10.2.